The summed E-state index contributed by atoms with van der Waals surface area (Å²) in [6, 6.07) is 53.0. The van der Waals surface area contributed by atoms with E-state index in [0.717, 1.165) is 77.3 Å². The monoisotopic (exact) mass is 599 g/mol. The second-order valence-corrected chi connectivity index (χ2v) is 12.0. The van der Waals surface area contributed by atoms with Crippen molar-refractivity contribution in [1.29, 1.82) is 0 Å². The van der Waals surface area contributed by atoms with Gasteiger partial charge in [0.15, 0.2) is 11.3 Å². The Morgan fingerprint density at radius 1 is 0.489 bits per heavy atom. The highest BCUT2D eigenvalue weighted by molar-refractivity contribution is 6.22. The maximum Gasteiger partial charge on any atom is 0.188 e. The molecule has 0 saturated heterocycles. The van der Waals surface area contributed by atoms with Crippen molar-refractivity contribution in [2.24, 2.45) is 0 Å². The van der Waals surface area contributed by atoms with Gasteiger partial charge < -0.3 is 13.6 Å². The van der Waals surface area contributed by atoms with Crippen LogP contribution in [0, 0.1) is 6.57 Å². The van der Waals surface area contributed by atoms with Crippen molar-refractivity contribution in [2.45, 2.75) is 0 Å². The molecule has 4 heteroatoms. The Kier molecular flexibility index (Phi) is 5.32. The van der Waals surface area contributed by atoms with E-state index in [2.05, 4.69) is 135 Å². The Balaban J connectivity index is 1.30. The molecule has 7 aromatic carbocycles. The summed E-state index contributed by atoms with van der Waals surface area (Å²) in [5.41, 5.74) is 11.0. The molecule has 0 aliphatic heterocycles. The number of rotatable bonds is 3. The van der Waals surface area contributed by atoms with Crippen LogP contribution in [0.25, 0.3) is 92.9 Å². The lowest BCUT2D eigenvalue weighted by Gasteiger charge is -2.15. The number of furan rings is 1. The van der Waals surface area contributed by atoms with Gasteiger partial charge in [-0.3, -0.25) is 0 Å². The smallest absolute Gasteiger partial charge is 0.188 e. The highest BCUT2D eigenvalue weighted by Gasteiger charge is 2.21. The first-order chi connectivity index (χ1) is 23.3. The standard InChI is InChI=1S/C43H25N3O/c1-44-28-20-24-39(46-37-16-8-5-13-30(37)31-14-6-9-17-38(31)46)35(26-28)27-19-23-40-36(25-27)33-21-22-34-32-15-7-10-18-41(32)47-43(34)42(33)45(40)29-11-3-2-4-12-29/h2-26H. The zero-order valence-corrected chi connectivity index (χ0v) is 25.2. The van der Waals surface area contributed by atoms with Gasteiger partial charge in [-0.15, -0.1) is 0 Å². The lowest BCUT2D eigenvalue weighted by molar-refractivity contribution is 0.671. The first kappa shape index (κ1) is 25.7. The summed E-state index contributed by atoms with van der Waals surface area (Å²) in [6.45, 7) is 7.87. The van der Waals surface area contributed by atoms with Crippen LogP contribution in [0.4, 0.5) is 5.69 Å². The van der Waals surface area contributed by atoms with Crippen LogP contribution in [-0.2, 0) is 0 Å². The molecule has 0 saturated carbocycles. The zero-order valence-electron chi connectivity index (χ0n) is 25.2. The van der Waals surface area contributed by atoms with Crippen LogP contribution in [-0.4, -0.2) is 9.13 Å². The molecule has 10 rings (SSSR count). The van der Waals surface area contributed by atoms with E-state index in [-0.39, 0.29) is 0 Å². The Bertz CT molecular complexity index is 2860. The first-order valence-corrected chi connectivity index (χ1v) is 15.7. The van der Waals surface area contributed by atoms with Gasteiger partial charge in [-0.25, -0.2) is 4.85 Å². The summed E-state index contributed by atoms with van der Waals surface area (Å²) in [5, 5.41) is 6.88. The Morgan fingerprint density at radius 2 is 1.15 bits per heavy atom. The van der Waals surface area contributed by atoms with E-state index in [4.69, 9.17) is 11.0 Å². The Labute approximate surface area is 269 Å². The van der Waals surface area contributed by atoms with Crippen molar-refractivity contribution in [3.8, 4) is 22.5 Å². The lowest BCUT2D eigenvalue weighted by atomic mass is 9.99. The van der Waals surface area contributed by atoms with E-state index in [1.165, 1.54) is 10.8 Å². The zero-order chi connectivity index (χ0) is 31.1. The molecule has 0 fully saturated rings. The van der Waals surface area contributed by atoms with Crippen molar-refractivity contribution in [2.75, 3.05) is 0 Å². The number of fused-ring (bicyclic) bond motifs is 10. The van der Waals surface area contributed by atoms with E-state index in [9.17, 15) is 0 Å². The third kappa shape index (κ3) is 3.63. The third-order valence-corrected chi connectivity index (χ3v) is 9.53. The largest absolute Gasteiger partial charge is 0.454 e. The van der Waals surface area contributed by atoms with Gasteiger partial charge in [0, 0.05) is 38.0 Å². The van der Waals surface area contributed by atoms with Crippen LogP contribution in [0.15, 0.2) is 156 Å². The maximum absolute atomic E-state index is 7.87. The quantitative estimate of drug-likeness (QED) is 0.186. The van der Waals surface area contributed by atoms with E-state index < -0.39 is 0 Å². The number of hydrogen-bond acceptors (Lipinski definition) is 1. The Morgan fingerprint density at radius 3 is 1.91 bits per heavy atom. The number of para-hydroxylation sites is 4. The molecule has 0 atom stereocenters. The highest BCUT2D eigenvalue weighted by atomic mass is 16.3. The predicted octanol–water partition coefficient (Wildman–Crippen LogP) is 12.0. The van der Waals surface area contributed by atoms with Crippen molar-refractivity contribution in [1.82, 2.24) is 9.13 Å². The van der Waals surface area contributed by atoms with Crippen LogP contribution in [0.5, 0.6) is 0 Å². The molecule has 10 aromatic rings. The highest BCUT2D eigenvalue weighted by Crippen LogP contribution is 2.43. The molecule has 0 bridgehead atoms. The predicted molar refractivity (Wildman–Crippen MR) is 194 cm³/mol. The fourth-order valence-electron chi connectivity index (χ4n) is 7.50. The molecule has 0 unspecified atom stereocenters. The maximum atomic E-state index is 7.87. The minimum atomic E-state index is 0.611. The molecule has 0 aliphatic carbocycles. The molecule has 0 amide bonds. The summed E-state index contributed by atoms with van der Waals surface area (Å²) < 4.78 is 11.3. The summed E-state index contributed by atoms with van der Waals surface area (Å²) in [7, 11) is 0. The van der Waals surface area contributed by atoms with Crippen molar-refractivity contribution in [3.63, 3.8) is 0 Å². The van der Waals surface area contributed by atoms with Crippen LogP contribution in [0.2, 0.25) is 0 Å². The Hall–Kier alpha value is -6.57. The summed E-state index contributed by atoms with van der Waals surface area (Å²) in [6.07, 6.45) is 0. The fourth-order valence-corrected chi connectivity index (χ4v) is 7.50. The van der Waals surface area contributed by atoms with Gasteiger partial charge in [-0.2, -0.15) is 0 Å². The number of nitrogens with zero attached hydrogens (tertiary/aromatic N) is 3. The van der Waals surface area contributed by atoms with Gasteiger partial charge >= 0.3 is 0 Å². The summed E-state index contributed by atoms with van der Waals surface area (Å²) in [4.78, 5) is 3.84. The van der Waals surface area contributed by atoms with E-state index in [0.29, 0.717) is 5.69 Å². The molecular weight excluding hydrogens is 574 g/mol. The van der Waals surface area contributed by atoms with Gasteiger partial charge in [-0.1, -0.05) is 91.0 Å². The molecule has 0 aliphatic rings. The third-order valence-electron chi connectivity index (χ3n) is 9.53. The molecule has 218 valence electrons. The van der Waals surface area contributed by atoms with E-state index >= 15 is 0 Å². The molecule has 3 heterocycles. The van der Waals surface area contributed by atoms with Crippen molar-refractivity contribution >= 4 is 71.2 Å². The van der Waals surface area contributed by atoms with Crippen LogP contribution in [0.1, 0.15) is 0 Å². The molecule has 0 N–H and O–H groups in total. The SMILES string of the molecule is [C-]#[N+]c1ccc(-n2c3ccccc3c3ccccc32)c(-c2ccc3c(c2)c2ccc4c5ccccc5oc4c2n3-c2ccccc2)c1. The summed E-state index contributed by atoms with van der Waals surface area (Å²) >= 11 is 0. The normalized spacial score (nSPS) is 11.8. The summed E-state index contributed by atoms with van der Waals surface area (Å²) in [5.74, 6) is 0. The van der Waals surface area contributed by atoms with Crippen molar-refractivity contribution in [3.05, 3.63) is 163 Å². The lowest BCUT2D eigenvalue weighted by Crippen LogP contribution is -1.97. The van der Waals surface area contributed by atoms with Gasteiger partial charge in [-0.05, 0) is 71.8 Å². The molecule has 3 aromatic heterocycles. The number of aromatic nitrogens is 2. The average molecular weight is 600 g/mol. The van der Waals surface area contributed by atoms with Gasteiger partial charge in [0.25, 0.3) is 0 Å². The average Bonchev–Trinajstić information content (AvgIpc) is 3.79. The second-order valence-electron chi connectivity index (χ2n) is 12.0. The molecular formula is C43H25N3O. The minimum Gasteiger partial charge on any atom is -0.454 e. The van der Waals surface area contributed by atoms with E-state index in [1.54, 1.807) is 0 Å². The number of benzene rings is 7. The van der Waals surface area contributed by atoms with E-state index in [1.807, 2.05) is 30.3 Å². The van der Waals surface area contributed by atoms with Crippen LogP contribution < -0.4 is 0 Å². The molecule has 0 spiro atoms. The number of hydrogen-bond donors (Lipinski definition) is 0. The minimum absolute atomic E-state index is 0.611. The van der Waals surface area contributed by atoms with Gasteiger partial charge in [0.05, 0.1) is 34.3 Å². The molecule has 47 heavy (non-hydrogen) atoms. The van der Waals surface area contributed by atoms with Gasteiger partial charge in [0.2, 0.25) is 0 Å². The van der Waals surface area contributed by atoms with Crippen LogP contribution >= 0.6 is 0 Å². The topological polar surface area (TPSA) is 27.4 Å². The fraction of sp³-hybridized carbons (Fsp3) is 0. The van der Waals surface area contributed by atoms with Crippen molar-refractivity contribution < 1.29 is 4.42 Å². The molecule has 4 nitrogen and oxygen atoms in total. The second kappa shape index (κ2) is 9.71. The van der Waals surface area contributed by atoms with Crippen LogP contribution in [0.3, 0.4) is 0 Å². The van der Waals surface area contributed by atoms with Gasteiger partial charge in [0.1, 0.15) is 5.58 Å². The first-order valence-electron chi connectivity index (χ1n) is 15.7. The molecule has 0 radical (unpaired) electrons.